The molecule has 0 aromatic heterocycles. The van der Waals surface area contributed by atoms with Crippen LogP contribution in [-0.2, 0) is 4.74 Å². The quantitative estimate of drug-likeness (QED) is 0.743. The second-order valence-corrected chi connectivity index (χ2v) is 4.36. The van der Waals surface area contributed by atoms with Crippen molar-refractivity contribution in [1.82, 2.24) is 4.90 Å². The van der Waals surface area contributed by atoms with E-state index in [0.717, 1.165) is 44.2 Å². The number of ketones is 1. The minimum absolute atomic E-state index is 0.184. The van der Waals surface area contributed by atoms with E-state index in [9.17, 15) is 4.79 Å². The van der Waals surface area contributed by atoms with E-state index in [1.807, 2.05) is 24.3 Å². The SMILES string of the molecule is COc1ccc(C(=O)CCN2CCOCC2)cc1. The monoisotopic (exact) mass is 249 g/mol. The normalized spacial score (nSPS) is 16.5. The van der Waals surface area contributed by atoms with Crippen molar-refractivity contribution in [3.8, 4) is 5.75 Å². The highest BCUT2D eigenvalue weighted by Gasteiger charge is 2.12. The minimum Gasteiger partial charge on any atom is -0.497 e. The van der Waals surface area contributed by atoms with Gasteiger partial charge < -0.3 is 9.47 Å². The third-order valence-corrected chi connectivity index (χ3v) is 3.17. The van der Waals surface area contributed by atoms with Crippen LogP contribution in [0.25, 0.3) is 0 Å². The lowest BCUT2D eigenvalue weighted by molar-refractivity contribution is 0.0370. The zero-order valence-electron chi connectivity index (χ0n) is 10.7. The molecule has 0 atom stereocenters. The molecule has 1 aliphatic rings. The zero-order chi connectivity index (χ0) is 12.8. The highest BCUT2D eigenvalue weighted by Crippen LogP contribution is 2.13. The van der Waals surface area contributed by atoms with E-state index >= 15 is 0 Å². The summed E-state index contributed by atoms with van der Waals surface area (Å²) in [5, 5.41) is 0. The summed E-state index contributed by atoms with van der Waals surface area (Å²) in [6, 6.07) is 7.28. The largest absolute Gasteiger partial charge is 0.497 e. The Kier molecular flexibility index (Phi) is 4.73. The van der Waals surface area contributed by atoms with Crippen LogP contribution in [0.2, 0.25) is 0 Å². The number of hydrogen-bond donors (Lipinski definition) is 0. The second-order valence-electron chi connectivity index (χ2n) is 4.36. The molecule has 1 saturated heterocycles. The van der Waals surface area contributed by atoms with Crippen LogP contribution in [0, 0.1) is 0 Å². The molecule has 18 heavy (non-hydrogen) atoms. The van der Waals surface area contributed by atoms with Gasteiger partial charge in [-0.3, -0.25) is 9.69 Å². The Bertz CT molecular complexity index is 383. The lowest BCUT2D eigenvalue weighted by Crippen LogP contribution is -2.37. The summed E-state index contributed by atoms with van der Waals surface area (Å²) in [5.74, 6) is 0.962. The Labute approximate surface area is 107 Å². The van der Waals surface area contributed by atoms with Crippen molar-refractivity contribution in [2.24, 2.45) is 0 Å². The molecule has 1 aromatic rings. The van der Waals surface area contributed by atoms with Crippen molar-refractivity contribution in [3.05, 3.63) is 29.8 Å². The van der Waals surface area contributed by atoms with Gasteiger partial charge in [-0.1, -0.05) is 0 Å². The van der Waals surface area contributed by atoms with Gasteiger partial charge in [0.25, 0.3) is 0 Å². The van der Waals surface area contributed by atoms with Gasteiger partial charge >= 0.3 is 0 Å². The van der Waals surface area contributed by atoms with Crippen LogP contribution in [0.4, 0.5) is 0 Å². The van der Waals surface area contributed by atoms with Gasteiger partial charge in [0.1, 0.15) is 5.75 Å². The summed E-state index contributed by atoms with van der Waals surface area (Å²) >= 11 is 0. The first kappa shape index (κ1) is 13.1. The van der Waals surface area contributed by atoms with E-state index in [1.54, 1.807) is 7.11 Å². The van der Waals surface area contributed by atoms with Crippen molar-refractivity contribution in [3.63, 3.8) is 0 Å². The number of carbonyl (C=O) groups is 1. The molecule has 4 nitrogen and oxygen atoms in total. The van der Waals surface area contributed by atoms with E-state index in [4.69, 9.17) is 9.47 Å². The van der Waals surface area contributed by atoms with Gasteiger partial charge in [-0.15, -0.1) is 0 Å². The Morgan fingerprint density at radius 1 is 1.28 bits per heavy atom. The first-order chi connectivity index (χ1) is 8.79. The molecule has 0 aliphatic carbocycles. The van der Waals surface area contributed by atoms with Gasteiger partial charge in [-0.05, 0) is 24.3 Å². The summed E-state index contributed by atoms with van der Waals surface area (Å²) < 4.78 is 10.3. The van der Waals surface area contributed by atoms with E-state index in [2.05, 4.69) is 4.90 Å². The molecule has 0 spiro atoms. The molecule has 1 fully saturated rings. The number of benzene rings is 1. The van der Waals surface area contributed by atoms with Crippen LogP contribution >= 0.6 is 0 Å². The van der Waals surface area contributed by atoms with Gasteiger partial charge in [0.15, 0.2) is 5.78 Å². The van der Waals surface area contributed by atoms with E-state index in [1.165, 1.54) is 0 Å². The summed E-state index contributed by atoms with van der Waals surface area (Å²) in [7, 11) is 1.62. The average Bonchev–Trinajstić information content (AvgIpc) is 2.46. The van der Waals surface area contributed by atoms with Crippen LogP contribution in [0.5, 0.6) is 5.75 Å². The third kappa shape index (κ3) is 3.55. The fourth-order valence-corrected chi connectivity index (χ4v) is 2.01. The fraction of sp³-hybridized carbons (Fsp3) is 0.500. The molecule has 1 heterocycles. The predicted molar refractivity (Wildman–Crippen MR) is 69.2 cm³/mol. The number of nitrogens with zero attached hydrogens (tertiary/aromatic N) is 1. The van der Waals surface area contributed by atoms with E-state index in [-0.39, 0.29) is 5.78 Å². The number of ether oxygens (including phenoxy) is 2. The minimum atomic E-state index is 0.184. The number of rotatable bonds is 5. The van der Waals surface area contributed by atoms with Gasteiger partial charge in [-0.25, -0.2) is 0 Å². The molecule has 98 valence electrons. The molecule has 0 saturated carbocycles. The Hall–Kier alpha value is -1.39. The van der Waals surface area contributed by atoms with Crippen LogP contribution < -0.4 is 4.74 Å². The molecule has 1 aliphatic heterocycles. The zero-order valence-corrected chi connectivity index (χ0v) is 10.7. The van der Waals surface area contributed by atoms with Crippen molar-refractivity contribution in [2.45, 2.75) is 6.42 Å². The van der Waals surface area contributed by atoms with Gasteiger partial charge in [0, 0.05) is 31.6 Å². The standard InChI is InChI=1S/C14H19NO3/c1-17-13-4-2-12(3-5-13)14(16)6-7-15-8-10-18-11-9-15/h2-5H,6-11H2,1H3. The molecular formula is C14H19NO3. The molecular weight excluding hydrogens is 230 g/mol. The molecule has 1 aromatic carbocycles. The van der Waals surface area contributed by atoms with Crippen molar-refractivity contribution in [2.75, 3.05) is 40.0 Å². The van der Waals surface area contributed by atoms with Crippen LogP contribution in [-0.4, -0.2) is 50.6 Å². The first-order valence-electron chi connectivity index (χ1n) is 6.27. The average molecular weight is 249 g/mol. The maximum absolute atomic E-state index is 12.0. The molecule has 0 amide bonds. The van der Waals surface area contributed by atoms with Crippen LogP contribution in [0.3, 0.4) is 0 Å². The Morgan fingerprint density at radius 2 is 1.94 bits per heavy atom. The summed E-state index contributed by atoms with van der Waals surface area (Å²) in [5.41, 5.74) is 0.754. The molecule has 4 heteroatoms. The second kappa shape index (κ2) is 6.52. The Balaban J connectivity index is 1.82. The van der Waals surface area contributed by atoms with E-state index in [0.29, 0.717) is 6.42 Å². The summed E-state index contributed by atoms with van der Waals surface area (Å²) in [6.07, 6.45) is 0.562. The number of Topliss-reactive ketones (excluding diaryl/α,β-unsaturated/α-hetero) is 1. The van der Waals surface area contributed by atoms with Crippen molar-refractivity contribution < 1.29 is 14.3 Å². The highest BCUT2D eigenvalue weighted by atomic mass is 16.5. The van der Waals surface area contributed by atoms with Crippen LogP contribution in [0.1, 0.15) is 16.8 Å². The number of carbonyl (C=O) groups excluding carboxylic acids is 1. The van der Waals surface area contributed by atoms with Gasteiger partial charge in [0.2, 0.25) is 0 Å². The summed E-state index contributed by atoms with van der Waals surface area (Å²) in [4.78, 5) is 14.3. The van der Waals surface area contributed by atoms with Gasteiger partial charge in [-0.2, -0.15) is 0 Å². The number of methoxy groups -OCH3 is 1. The molecule has 0 unspecified atom stereocenters. The molecule has 0 N–H and O–H groups in total. The lowest BCUT2D eigenvalue weighted by atomic mass is 10.1. The number of hydrogen-bond acceptors (Lipinski definition) is 4. The third-order valence-electron chi connectivity index (χ3n) is 3.17. The smallest absolute Gasteiger partial charge is 0.164 e. The molecule has 0 radical (unpaired) electrons. The predicted octanol–water partition coefficient (Wildman–Crippen LogP) is 1.60. The van der Waals surface area contributed by atoms with Crippen molar-refractivity contribution in [1.29, 1.82) is 0 Å². The lowest BCUT2D eigenvalue weighted by Gasteiger charge is -2.26. The van der Waals surface area contributed by atoms with Crippen LogP contribution in [0.15, 0.2) is 24.3 Å². The maximum Gasteiger partial charge on any atom is 0.164 e. The van der Waals surface area contributed by atoms with Gasteiger partial charge in [0.05, 0.1) is 20.3 Å². The Morgan fingerprint density at radius 3 is 2.56 bits per heavy atom. The molecule has 0 bridgehead atoms. The molecule has 2 rings (SSSR count). The fourth-order valence-electron chi connectivity index (χ4n) is 2.01. The van der Waals surface area contributed by atoms with E-state index < -0.39 is 0 Å². The highest BCUT2D eigenvalue weighted by molar-refractivity contribution is 5.96. The maximum atomic E-state index is 12.0. The summed E-state index contributed by atoms with van der Waals surface area (Å²) in [6.45, 7) is 4.22. The number of morpholine rings is 1. The topological polar surface area (TPSA) is 38.8 Å². The van der Waals surface area contributed by atoms with Crippen molar-refractivity contribution >= 4 is 5.78 Å². The first-order valence-corrected chi connectivity index (χ1v) is 6.27.